The third kappa shape index (κ3) is 5.61. The van der Waals surface area contributed by atoms with Crippen LogP contribution in [0, 0.1) is 6.92 Å². The van der Waals surface area contributed by atoms with Crippen LogP contribution >= 0.6 is 11.6 Å². The predicted molar refractivity (Wildman–Crippen MR) is 97.4 cm³/mol. The van der Waals surface area contributed by atoms with Gasteiger partial charge in [-0.25, -0.2) is 9.59 Å². The number of rotatable bonds is 7. The summed E-state index contributed by atoms with van der Waals surface area (Å²) in [7, 11) is 0. The van der Waals surface area contributed by atoms with E-state index in [0.717, 1.165) is 24.8 Å². The van der Waals surface area contributed by atoms with E-state index in [1.165, 1.54) is 0 Å². The number of benzene rings is 2. The van der Waals surface area contributed by atoms with Crippen molar-refractivity contribution < 1.29 is 19.1 Å². The van der Waals surface area contributed by atoms with Gasteiger partial charge >= 0.3 is 11.9 Å². The second-order valence-corrected chi connectivity index (χ2v) is 6.13. The summed E-state index contributed by atoms with van der Waals surface area (Å²) in [4.78, 5) is 24.1. The third-order valence-corrected chi connectivity index (χ3v) is 4.10. The molecule has 2 aromatic carbocycles. The molecule has 0 aliphatic rings. The molecule has 0 bridgehead atoms. The van der Waals surface area contributed by atoms with E-state index in [-0.39, 0.29) is 5.97 Å². The maximum Gasteiger partial charge on any atom is 0.343 e. The van der Waals surface area contributed by atoms with Crippen LogP contribution < -0.4 is 4.74 Å². The minimum atomic E-state index is -0.496. The quantitative estimate of drug-likeness (QED) is 0.386. The summed E-state index contributed by atoms with van der Waals surface area (Å²) in [5, 5.41) is 0.613. The van der Waals surface area contributed by atoms with Crippen molar-refractivity contribution in [1.29, 1.82) is 0 Å². The van der Waals surface area contributed by atoms with Crippen LogP contribution in [0.3, 0.4) is 0 Å². The predicted octanol–water partition coefficient (Wildman–Crippen LogP) is 5.21. The molecule has 0 aliphatic heterocycles. The Labute approximate surface area is 152 Å². The van der Waals surface area contributed by atoms with Gasteiger partial charge in [0.15, 0.2) is 0 Å². The van der Waals surface area contributed by atoms with Crippen molar-refractivity contribution in [1.82, 2.24) is 0 Å². The zero-order valence-electron chi connectivity index (χ0n) is 14.4. The van der Waals surface area contributed by atoms with Crippen LogP contribution in [0.5, 0.6) is 5.75 Å². The van der Waals surface area contributed by atoms with E-state index in [9.17, 15) is 9.59 Å². The van der Waals surface area contributed by atoms with E-state index in [1.807, 2.05) is 6.92 Å². The molecule has 0 saturated heterocycles. The Morgan fingerprint density at radius 2 is 1.60 bits per heavy atom. The van der Waals surface area contributed by atoms with Crippen molar-refractivity contribution in [3.05, 3.63) is 64.2 Å². The number of aryl methyl sites for hydroxylation is 1. The Hall–Kier alpha value is -2.33. The van der Waals surface area contributed by atoms with Gasteiger partial charge in [-0.15, -0.1) is 0 Å². The first-order valence-corrected chi connectivity index (χ1v) is 8.64. The molecule has 0 unspecified atom stereocenters. The third-order valence-electron chi connectivity index (χ3n) is 3.68. The number of esters is 2. The summed E-state index contributed by atoms with van der Waals surface area (Å²) in [6.45, 7) is 4.33. The van der Waals surface area contributed by atoms with E-state index in [1.54, 1.807) is 42.5 Å². The Bertz CT molecular complexity index is 738. The highest BCUT2D eigenvalue weighted by Crippen LogP contribution is 2.22. The highest BCUT2D eigenvalue weighted by Gasteiger charge is 2.12. The molecule has 2 rings (SSSR count). The summed E-state index contributed by atoms with van der Waals surface area (Å²) >= 11 is 5.95. The summed E-state index contributed by atoms with van der Waals surface area (Å²) in [6.07, 6.45) is 2.96. The van der Waals surface area contributed by atoms with Gasteiger partial charge in [0, 0.05) is 5.02 Å². The van der Waals surface area contributed by atoms with Crippen LogP contribution in [0.15, 0.2) is 42.5 Å². The fraction of sp³-hybridized carbons (Fsp3) is 0.300. The van der Waals surface area contributed by atoms with Crippen LogP contribution in [0.25, 0.3) is 0 Å². The van der Waals surface area contributed by atoms with Crippen LogP contribution in [-0.2, 0) is 4.74 Å². The molecular weight excluding hydrogens is 340 g/mol. The Kier molecular flexibility index (Phi) is 7.02. The molecule has 0 radical (unpaired) electrons. The molecule has 0 amide bonds. The fourth-order valence-corrected chi connectivity index (χ4v) is 2.31. The van der Waals surface area contributed by atoms with Crippen LogP contribution in [0.4, 0.5) is 0 Å². The number of carbonyl (C=O) groups is 2. The smallest absolute Gasteiger partial charge is 0.343 e. The molecule has 0 N–H and O–H groups in total. The van der Waals surface area contributed by atoms with Gasteiger partial charge in [-0.3, -0.25) is 0 Å². The topological polar surface area (TPSA) is 52.6 Å². The molecule has 0 atom stereocenters. The molecule has 5 heteroatoms. The molecule has 0 heterocycles. The van der Waals surface area contributed by atoms with Crippen molar-refractivity contribution in [3.8, 4) is 5.75 Å². The lowest BCUT2D eigenvalue weighted by Crippen LogP contribution is -2.10. The fourth-order valence-electron chi connectivity index (χ4n) is 2.19. The molecule has 2 aromatic rings. The van der Waals surface area contributed by atoms with E-state index < -0.39 is 5.97 Å². The average molecular weight is 361 g/mol. The monoisotopic (exact) mass is 360 g/mol. The van der Waals surface area contributed by atoms with Crippen LogP contribution in [0.1, 0.15) is 52.5 Å². The van der Waals surface area contributed by atoms with E-state index in [0.29, 0.717) is 28.5 Å². The molecule has 4 nitrogen and oxygen atoms in total. The lowest BCUT2D eigenvalue weighted by atomic mass is 10.1. The maximum absolute atomic E-state index is 12.2. The second kappa shape index (κ2) is 9.23. The van der Waals surface area contributed by atoms with Gasteiger partial charge in [0.1, 0.15) is 5.75 Å². The molecule has 0 aromatic heterocycles. The highest BCUT2D eigenvalue weighted by atomic mass is 35.5. The van der Waals surface area contributed by atoms with Crippen molar-refractivity contribution in [2.45, 2.75) is 33.1 Å². The SMILES string of the molecule is CCCCCOC(=O)c1ccc(C(=O)Oc2ccc(Cl)c(C)c2)cc1. The summed E-state index contributed by atoms with van der Waals surface area (Å²) in [5.41, 5.74) is 1.60. The summed E-state index contributed by atoms with van der Waals surface area (Å²) in [6, 6.07) is 11.2. The van der Waals surface area contributed by atoms with Gasteiger partial charge in [0.2, 0.25) is 0 Å². The first-order valence-electron chi connectivity index (χ1n) is 8.26. The molecule has 132 valence electrons. The largest absolute Gasteiger partial charge is 0.462 e. The van der Waals surface area contributed by atoms with Gasteiger partial charge in [-0.1, -0.05) is 31.4 Å². The van der Waals surface area contributed by atoms with E-state index >= 15 is 0 Å². The van der Waals surface area contributed by atoms with Crippen LogP contribution in [0.2, 0.25) is 5.02 Å². The highest BCUT2D eigenvalue weighted by molar-refractivity contribution is 6.31. The Morgan fingerprint density at radius 1 is 0.960 bits per heavy atom. The molecule has 25 heavy (non-hydrogen) atoms. The number of halogens is 1. The molecular formula is C20H21ClO4. The summed E-state index contributed by atoms with van der Waals surface area (Å²) in [5.74, 6) is -0.458. The normalized spacial score (nSPS) is 10.4. The van der Waals surface area contributed by atoms with Gasteiger partial charge in [-0.05, 0) is 61.4 Å². The van der Waals surface area contributed by atoms with Crippen molar-refractivity contribution >= 4 is 23.5 Å². The van der Waals surface area contributed by atoms with Crippen LogP contribution in [-0.4, -0.2) is 18.5 Å². The van der Waals surface area contributed by atoms with Crippen molar-refractivity contribution in [2.75, 3.05) is 6.61 Å². The molecule has 0 fully saturated rings. The van der Waals surface area contributed by atoms with E-state index in [2.05, 4.69) is 6.92 Å². The number of hydrogen-bond acceptors (Lipinski definition) is 4. The zero-order valence-corrected chi connectivity index (χ0v) is 15.1. The number of unbranched alkanes of at least 4 members (excludes halogenated alkanes) is 2. The summed E-state index contributed by atoms with van der Waals surface area (Å²) < 4.78 is 10.5. The number of hydrogen-bond donors (Lipinski definition) is 0. The minimum absolute atomic E-state index is 0.357. The average Bonchev–Trinajstić information content (AvgIpc) is 2.62. The number of carbonyl (C=O) groups excluding carboxylic acids is 2. The lowest BCUT2D eigenvalue weighted by molar-refractivity contribution is 0.0497. The van der Waals surface area contributed by atoms with Gasteiger partial charge in [0.05, 0.1) is 17.7 Å². The second-order valence-electron chi connectivity index (χ2n) is 5.72. The first-order chi connectivity index (χ1) is 12.0. The minimum Gasteiger partial charge on any atom is -0.462 e. The standard InChI is InChI=1S/C20H21ClO4/c1-3-4-5-12-24-19(22)15-6-8-16(9-7-15)20(23)25-17-10-11-18(21)14(2)13-17/h6-11,13H,3-5,12H2,1-2H3. The first kappa shape index (κ1) is 19.0. The maximum atomic E-state index is 12.2. The molecule has 0 aliphatic carbocycles. The number of ether oxygens (including phenoxy) is 2. The van der Waals surface area contributed by atoms with E-state index in [4.69, 9.17) is 21.1 Å². The van der Waals surface area contributed by atoms with Gasteiger partial charge in [-0.2, -0.15) is 0 Å². The van der Waals surface area contributed by atoms with Crippen molar-refractivity contribution in [3.63, 3.8) is 0 Å². The van der Waals surface area contributed by atoms with Crippen molar-refractivity contribution in [2.24, 2.45) is 0 Å². The molecule has 0 saturated carbocycles. The van der Waals surface area contributed by atoms with Gasteiger partial charge < -0.3 is 9.47 Å². The zero-order chi connectivity index (χ0) is 18.2. The Morgan fingerprint density at radius 3 is 2.20 bits per heavy atom. The van der Waals surface area contributed by atoms with Gasteiger partial charge in [0.25, 0.3) is 0 Å². The molecule has 0 spiro atoms. The lowest BCUT2D eigenvalue weighted by Gasteiger charge is -2.07. The Balaban J connectivity index is 1.95.